The van der Waals surface area contributed by atoms with Crippen LogP contribution in [-0.4, -0.2) is 38.1 Å². The van der Waals surface area contributed by atoms with E-state index in [1.54, 1.807) is 29.2 Å². The molecule has 0 fully saturated rings. The van der Waals surface area contributed by atoms with Crippen LogP contribution in [-0.2, 0) is 11.2 Å². The summed E-state index contributed by atoms with van der Waals surface area (Å²) >= 11 is 1.31. The molecule has 3 aromatic rings. The van der Waals surface area contributed by atoms with Crippen molar-refractivity contribution in [2.24, 2.45) is 0 Å². The van der Waals surface area contributed by atoms with Gasteiger partial charge in [0, 0.05) is 13.0 Å². The van der Waals surface area contributed by atoms with Gasteiger partial charge in [0.25, 0.3) is 0 Å². The molecule has 27 heavy (non-hydrogen) atoms. The van der Waals surface area contributed by atoms with Crippen LogP contribution in [0.15, 0.2) is 42.5 Å². The third kappa shape index (κ3) is 4.87. The third-order valence-corrected chi connectivity index (χ3v) is 5.26. The second-order valence-electron chi connectivity index (χ2n) is 6.74. The Morgan fingerprint density at radius 1 is 1.15 bits per heavy atom. The smallest absolute Gasteiger partial charge is 0.233 e. The van der Waals surface area contributed by atoms with E-state index in [0.29, 0.717) is 16.4 Å². The highest BCUT2D eigenvalue weighted by Crippen LogP contribution is 2.30. The second-order valence-corrected chi connectivity index (χ2v) is 7.75. The Morgan fingerprint density at radius 2 is 1.89 bits per heavy atom. The molecule has 1 aromatic heterocycles. The minimum absolute atomic E-state index is 0.130. The van der Waals surface area contributed by atoms with E-state index >= 15 is 0 Å². The number of nitrogens with one attached hydrogen (secondary N) is 1. The van der Waals surface area contributed by atoms with Gasteiger partial charge < -0.3 is 4.90 Å². The van der Waals surface area contributed by atoms with Crippen LogP contribution in [0.25, 0.3) is 10.2 Å². The number of hydrogen-bond acceptors (Lipinski definition) is 3. The van der Waals surface area contributed by atoms with Crippen molar-refractivity contribution in [2.75, 3.05) is 32.1 Å². The third-order valence-electron chi connectivity index (χ3n) is 4.22. The number of benzene rings is 2. The number of aromatic nitrogens is 1. The van der Waals surface area contributed by atoms with Crippen molar-refractivity contribution in [2.45, 2.75) is 12.8 Å². The molecule has 0 radical (unpaired) electrons. The number of rotatable bonds is 7. The van der Waals surface area contributed by atoms with Gasteiger partial charge in [0.2, 0.25) is 5.91 Å². The number of para-hydroxylation sites is 1. The minimum Gasteiger partial charge on any atom is -0.340 e. The molecule has 1 N–H and O–H groups in total. The topological polar surface area (TPSA) is 37.6 Å². The van der Waals surface area contributed by atoms with E-state index in [0.717, 1.165) is 18.5 Å². The normalized spacial score (nSPS) is 11.3. The number of thiazole rings is 1. The van der Waals surface area contributed by atoms with E-state index in [2.05, 4.69) is 19.1 Å². The van der Waals surface area contributed by atoms with Gasteiger partial charge in [-0.3, -0.25) is 9.69 Å². The molecule has 0 aliphatic heterocycles. The highest BCUT2D eigenvalue weighted by Gasteiger charge is 2.21. The quantitative estimate of drug-likeness (QED) is 0.674. The molecule has 4 nitrogen and oxygen atoms in total. The van der Waals surface area contributed by atoms with Gasteiger partial charge in [-0.25, -0.2) is 13.8 Å². The Kier molecular flexibility index (Phi) is 6.13. The van der Waals surface area contributed by atoms with Crippen molar-refractivity contribution in [3.05, 3.63) is 59.7 Å². The number of hydrogen-bond donors (Lipinski definition) is 1. The Morgan fingerprint density at radius 3 is 2.56 bits per heavy atom. The molecule has 142 valence electrons. The standard InChI is InChI=1S/C20H21F2N3OS/c1-24(2)11-4-12-25(18(26)13-14-7-9-15(21)10-8-14)20-23-19-16(22)5-3-6-17(19)27-20/h3,5-10H,4,11-13H2,1-2H3/p+1. The minimum atomic E-state index is -0.390. The van der Waals surface area contributed by atoms with E-state index < -0.39 is 5.82 Å². The van der Waals surface area contributed by atoms with E-state index in [9.17, 15) is 13.6 Å². The maximum atomic E-state index is 14.0. The van der Waals surface area contributed by atoms with Crippen LogP contribution in [0, 0.1) is 11.6 Å². The summed E-state index contributed by atoms with van der Waals surface area (Å²) < 4.78 is 27.8. The number of fused-ring (bicyclic) bond motifs is 1. The van der Waals surface area contributed by atoms with Crippen molar-refractivity contribution in [1.29, 1.82) is 0 Å². The highest BCUT2D eigenvalue weighted by molar-refractivity contribution is 7.22. The summed E-state index contributed by atoms with van der Waals surface area (Å²) in [4.78, 5) is 20.2. The van der Waals surface area contributed by atoms with Gasteiger partial charge in [-0.15, -0.1) is 0 Å². The Hall–Kier alpha value is -2.38. The first kappa shape index (κ1) is 19.4. The number of anilines is 1. The van der Waals surface area contributed by atoms with Crippen LogP contribution in [0.2, 0.25) is 0 Å². The zero-order valence-electron chi connectivity index (χ0n) is 15.3. The number of carbonyl (C=O) groups is 1. The summed E-state index contributed by atoms with van der Waals surface area (Å²) in [6.07, 6.45) is 0.948. The van der Waals surface area contributed by atoms with Crippen molar-refractivity contribution < 1.29 is 18.5 Å². The van der Waals surface area contributed by atoms with Crippen LogP contribution in [0.1, 0.15) is 12.0 Å². The summed E-state index contributed by atoms with van der Waals surface area (Å²) in [5, 5.41) is 0.496. The molecule has 0 aliphatic rings. The number of carbonyl (C=O) groups excluding carboxylic acids is 1. The SMILES string of the molecule is C[NH+](C)CCCN(C(=O)Cc1ccc(F)cc1)c1nc2c(F)cccc2s1. The predicted molar refractivity (Wildman–Crippen MR) is 104 cm³/mol. The van der Waals surface area contributed by atoms with Crippen LogP contribution in [0.3, 0.4) is 0 Å². The van der Waals surface area contributed by atoms with Crippen molar-refractivity contribution in [1.82, 2.24) is 4.98 Å². The highest BCUT2D eigenvalue weighted by atomic mass is 32.1. The van der Waals surface area contributed by atoms with Crippen LogP contribution >= 0.6 is 11.3 Å². The predicted octanol–water partition coefficient (Wildman–Crippen LogP) is 2.68. The van der Waals surface area contributed by atoms with Gasteiger partial charge >= 0.3 is 0 Å². The monoisotopic (exact) mass is 390 g/mol. The molecule has 0 atom stereocenters. The van der Waals surface area contributed by atoms with E-state index in [1.165, 1.54) is 34.4 Å². The Bertz CT molecular complexity index is 925. The molecule has 0 spiro atoms. The van der Waals surface area contributed by atoms with Gasteiger partial charge in [-0.2, -0.15) is 0 Å². The lowest BCUT2D eigenvalue weighted by Crippen LogP contribution is -3.05. The van der Waals surface area contributed by atoms with Gasteiger partial charge in [-0.05, 0) is 29.8 Å². The number of halogens is 2. The number of quaternary nitrogens is 1. The Balaban J connectivity index is 1.85. The molecule has 0 saturated carbocycles. The lowest BCUT2D eigenvalue weighted by Gasteiger charge is -2.20. The zero-order chi connectivity index (χ0) is 19.4. The molecule has 0 bridgehead atoms. The lowest BCUT2D eigenvalue weighted by molar-refractivity contribution is -0.858. The molecular weight excluding hydrogens is 368 g/mol. The van der Waals surface area contributed by atoms with Crippen molar-refractivity contribution >= 4 is 32.6 Å². The summed E-state index contributed by atoms with van der Waals surface area (Å²) in [7, 11) is 4.11. The average molecular weight is 390 g/mol. The largest absolute Gasteiger partial charge is 0.340 e. The van der Waals surface area contributed by atoms with E-state index in [4.69, 9.17) is 0 Å². The fraction of sp³-hybridized carbons (Fsp3) is 0.300. The molecule has 0 saturated heterocycles. The maximum Gasteiger partial charge on any atom is 0.233 e. The zero-order valence-corrected chi connectivity index (χ0v) is 16.2. The molecule has 0 unspecified atom stereocenters. The van der Waals surface area contributed by atoms with Crippen molar-refractivity contribution in [3.8, 4) is 0 Å². The van der Waals surface area contributed by atoms with Gasteiger partial charge in [0.1, 0.15) is 17.2 Å². The molecule has 1 heterocycles. The fourth-order valence-corrected chi connectivity index (χ4v) is 3.83. The van der Waals surface area contributed by atoms with Crippen LogP contribution < -0.4 is 9.80 Å². The first-order valence-corrected chi connectivity index (χ1v) is 9.64. The lowest BCUT2D eigenvalue weighted by atomic mass is 10.1. The average Bonchev–Trinajstić information content (AvgIpc) is 3.05. The van der Waals surface area contributed by atoms with Crippen LogP contribution in [0.5, 0.6) is 0 Å². The first-order valence-electron chi connectivity index (χ1n) is 8.83. The van der Waals surface area contributed by atoms with Gasteiger partial charge in [0.15, 0.2) is 5.13 Å². The van der Waals surface area contributed by atoms with Gasteiger partial charge in [-0.1, -0.05) is 29.5 Å². The maximum absolute atomic E-state index is 14.0. The van der Waals surface area contributed by atoms with E-state index in [-0.39, 0.29) is 23.7 Å². The molecule has 1 amide bonds. The second kappa shape index (κ2) is 8.54. The number of nitrogens with zero attached hydrogens (tertiary/aromatic N) is 2. The summed E-state index contributed by atoms with van der Waals surface area (Å²) in [5.41, 5.74) is 1.02. The Labute approximate surface area is 161 Å². The first-order chi connectivity index (χ1) is 12.9. The number of amides is 1. The molecule has 2 aromatic carbocycles. The molecule has 7 heteroatoms. The molecule has 3 rings (SSSR count). The van der Waals surface area contributed by atoms with E-state index in [1.807, 2.05) is 0 Å². The fourth-order valence-electron chi connectivity index (χ4n) is 2.81. The van der Waals surface area contributed by atoms with Gasteiger partial charge in [0.05, 0.1) is 31.8 Å². The molecular formula is C20H22F2N3OS+. The summed E-state index contributed by atoms with van der Waals surface area (Å²) in [6.45, 7) is 1.41. The summed E-state index contributed by atoms with van der Waals surface area (Å²) in [5.74, 6) is -0.854. The van der Waals surface area contributed by atoms with Crippen LogP contribution in [0.4, 0.5) is 13.9 Å². The van der Waals surface area contributed by atoms with Crippen molar-refractivity contribution in [3.63, 3.8) is 0 Å². The molecule has 0 aliphatic carbocycles. The summed E-state index contributed by atoms with van der Waals surface area (Å²) in [6, 6.07) is 10.7.